The zero-order chi connectivity index (χ0) is 20.0. The molecule has 0 spiro atoms. The predicted octanol–water partition coefficient (Wildman–Crippen LogP) is 4.38. The molecule has 0 radical (unpaired) electrons. The number of esters is 1. The van der Waals surface area contributed by atoms with Gasteiger partial charge in [0, 0.05) is 11.3 Å². The Hall–Kier alpha value is -2.29. The summed E-state index contributed by atoms with van der Waals surface area (Å²) in [6, 6.07) is 9.15. The summed E-state index contributed by atoms with van der Waals surface area (Å²) in [5, 5.41) is 12.8. The van der Waals surface area contributed by atoms with Crippen LogP contribution in [0.15, 0.2) is 30.3 Å². The average Bonchev–Trinajstić information content (AvgIpc) is 2.61. The molecule has 2 rings (SSSR count). The predicted molar refractivity (Wildman–Crippen MR) is 108 cm³/mol. The van der Waals surface area contributed by atoms with Gasteiger partial charge in [-0.2, -0.15) is 0 Å². The van der Waals surface area contributed by atoms with Gasteiger partial charge in [0.2, 0.25) is 0 Å². The van der Waals surface area contributed by atoms with Crippen molar-refractivity contribution in [1.82, 2.24) is 0 Å². The van der Waals surface area contributed by atoms with E-state index in [9.17, 15) is 14.3 Å². The molecule has 1 N–H and O–H groups in total. The summed E-state index contributed by atoms with van der Waals surface area (Å²) < 4.78 is 18.2. The van der Waals surface area contributed by atoms with Gasteiger partial charge in [-0.3, -0.25) is 4.79 Å². The number of carbonyl (C=O) groups excluding carboxylic acids is 1. The van der Waals surface area contributed by atoms with E-state index in [-0.39, 0.29) is 12.2 Å². The number of carbonyl (C=O) groups is 1. The van der Waals surface area contributed by atoms with Gasteiger partial charge in [0.15, 0.2) is 0 Å². The third kappa shape index (κ3) is 5.85. The third-order valence-corrected chi connectivity index (χ3v) is 4.90. The Labute approximate surface area is 163 Å². The summed E-state index contributed by atoms with van der Waals surface area (Å²) in [6.45, 7) is 5.75. The van der Waals surface area contributed by atoms with Gasteiger partial charge in [-0.1, -0.05) is 41.4 Å². The highest BCUT2D eigenvalue weighted by atomic mass is 32.2. The lowest BCUT2D eigenvalue weighted by atomic mass is 9.93. The minimum Gasteiger partial charge on any atom is -0.469 e. The van der Waals surface area contributed by atoms with E-state index in [0.717, 1.165) is 27.8 Å². The van der Waals surface area contributed by atoms with Crippen molar-refractivity contribution in [3.63, 3.8) is 0 Å². The highest BCUT2D eigenvalue weighted by molar-refractivity contribution is 8.03. The number of rotatable bonds is 5. The molecule has 5 heteroatoms. The molecule has 2 aromatic rings. The maximum atomic E-state index is 13.6. The number of aliphatic hydroxyl groups excluding tert-OH is 1. The zero-order valence-corrected chi connectivity index (χ0v) is 16.7. The summed E-state index contributed by atoms with van der Waals surface area (Å²) in [5.74, 6) is 2.80. The first kappa shape index (κ1) is 21.0. The number of methoxy groups -OCH3 is 1. The minimum atomic E-state index is -0.796. The van der Waals surface area contributed by atoms with E-state index in [1.807, 2.05) is 26.0 Å². The second-order valence-corrected chi connectivity index (χ2v) is 7.27. The second-order valence-electron chi connectivity index (χ2n) is 6.44. The fourth-order valence-corrected chi connectivity index (χ4v) is 3.30. The van der Waals surface area contributed by atoms with Gasteiger partial charge >= 0.3 is 5.97 Å². The standard InChI is InChI=1S/C22H23FO3S/c1-14-9-15(2)19(7-8-27-13-18(24)12-22(25)26-4)20(10-14)17-5-6-21(23)16(3)11-17/h5-6,9-11,18,24H,12-13H2,1-4H3/t18-/m0/s1. The molecule has 0 saturated heterocycles. The normalized spacial score (nSPS) is 11.5. The van der Waals surface area contributed by atoms with Crippen molar-refractivity contribution < 1.29 is 19.0 Å². The summed E-state index contributed by atoms with van der Waals surface area (Å²) in [7, 11) is 1.29. The quantitative estimate of drug-likeness (QED) is 0.612. The molecule has 2 aromatic carbocycles. The molecule has 0 unspecified atom stereocenters. The molecule has 0 aromatic heterocycles. The first-order valence-electron chi connectivity index (χ1n) is 8.57. The fraction of sp³-hybridized carbons (Fsp3) is 0.318. The molecule has 1 atom stereocenters. The Kier molecular flexibility index (Phi) is 7.46. The van der Waals surface area contributed by atoms with E-state index in [1.165, 1.54) is 24.9 Å². The maximum Gasteiger partial charge on any atom is 0.308 e. The lowest BCUT2D eigenvalue weighted by molar-refractivity contribution is -0.142. The Balaban J connectivity index is 2.25. The van der Waals surface area contributed by atoms with Crippen LogP contribution in [-0.2, 0) is 9.53 Å². The van der Waals surface area contributed by atoms with E-state index in [4.69, 9.17) is 0 Å². The highest BCUT2D eigenvalue weighted by Gasteiger charge is 2.11. The van der Waals surface area contributed by atoms with E-state index in [1.54, 1.807) is 13.0 Å². The number of aryl methyl sites for hydroxylation is 3. The lowest BCUT2D eigenvalue weighted by Gasteiger charge is -2.11. The van der Waals surface area contributed by atoms with Crippen LogP contribution < -0.4 is 0 Å². The van der Waals surface area contributed by atoms with Gasteiger partial charge in [0.1, 0.15) is 5.82 Å². The van der Waals surface area contributed by atoms with Crippen LogP contribution in [0.4, 0.5) is 4.39 Å². The molecule has 0 aliphatic heterocycles. The van der Waals surface area contributed by atoms with E-state index < -0.39 is 12.1 Å². The summed E-state index contributed by atoms with van der Waals surface area (Å²) in [4.78, 5) is 11.2. The molecule has 0 aliphatic carbocycles. The van der Waals surface area contributed by atoms with E-state index in [2.05, 4.69) is 22.0 Å². The van der Waals surface area contributed by atoms with E-state index >= 15 is 0 Å². The van der Waals surface area contributed by atoms with Crippen LogP contribution in [0.3, 0.4) is 0 Å². The molecule has 0 heterocycles. The third-order valence-electron chi connectivity index (χ3n) is 4.10. The summed E-state index contributed by atoms with van der Waals surface area (Å²) in [5.41, 5.74) is 5.48. The topological polar surface area (TPSA) is 46.5 Å². The largest absolute Gasteiger partial charge is 0.469 e. The summed E-state index contributed by atoms with van der Waals surface area (Å²) in [6.07, 6.45) is -0.843. The Morgan fingerprint density at radius 2 is 1.96 bits per heavy atom. The summed E-state index contributed by atoms with van der Waals surface area (Å²) >= 11 is 1.25. The van der Waals surface area contributed by atoms with Gasteiger partial charge < -0.3 is 9.84 Å². The smallest absolute Gasteiger partial charge is 0.308 e. The minimum absolute atomic E-state index is 0.0468. The van der Waals surface area contributed by atoms with Crippen LogP contribution in [0.5, 0.6) is 0 Å². The monoisotopic (exact) mass is 386 g/mol. The molecule has 27 heavy (non-hydrogen) atoms. The molecule has 0 amide bonds. The Morgan fingerprint density at radius 3 is 2.63 bits per heavy atom. The molecule has 0 aliphatic rings. The number of hydrogen-bond donors (Lipinski definition) is 1. The molecule has 142 valence electrons. The molecule has 3 nitrogen and oxygen atoms in total. The van der Waals surface area contributed by atoms with E-state index in [0.29, 0.717) is 11.3 Å². The first-order valence-corrected chi connectivity index (χ1v) is 9.55. The Morgan fingerprint density at radius 1 is 1.22 bits per heavy atom. The molecule has 0 fully saturated rings. The van der Waals surface area contributed by atoms with Crippen LogP contribution >= 0.6 is 11.8 Å². The van der Waals surface area contributed by atoms with Crippen LogP contribution in [-0.4, -0.2) is 30.0 Å². The SMILES string of the molecule is COC(=O)C[C@H](O)CSC#Cc1c(C)cc(C)cc1-c1ccc(F)c(C)c1. The van der Waals surface area contributed by atoms with Gasteiger partial charge in [-0.05, 0) is 60.4 Å². The van der Waals surface area contributed by atoms with Crippen molar-refractivity contribution in [3.05, 3.63) is 58.4 Å². The van der Waals surface area contributed by atoms with Crippen molar-refractivity contribution in [2.75, 3.05) is 12.9 Å². The number of hydrogen-bond acceptors (Lipinski definition) is 4. The second kappa shape index (κ2) is 9.59. The lowest BCUT2D eigenvalue weighted by Crippen LogP contribution is -2.16. The zero-order valence-electron chi connectivity index (χ0n) is 15.9. The van der Waals surface area contributed by atoms with Gasteiger partial charge in [-0.25, -0.2) is 4.39 Å². The van der Waals surface area contributed by atoms with Crippen molar-refractivity contribution in [3.8, 4) is 22.3 Å². The van der Waals surface area contributed by atoms with Crippen molar-refractivity contribution in [1.29, 1.82) is 0 Å². The van der Waals surface area contributed by atoms with Crippen molar-refractivity contribution in [2.24, 2.45) is 0 Å². The van der Waals surface area contributed by atoms with Crippen LogP contribution in [0.2, 0.25) is 0 Å². The number of thioether (sulfide) groups is 1. The Bertz CT molecular complexity index is 896. The average molecular weight is 386 g/mol. The number of aliphatic hydroxyl groups is 1. The number of ether oxygens (including phenoxy) is 1. The van der Waals surface area contributed by atoms with Gasteiger partial charge in [0.05, 0.1) is 19.6 Å². The van der Waals surface area contributed by atoms with Crippen molar-refractivity contribution in [2.45, 2.75) is 33.3 Å². The fourth-order valence-electron chi connectivity index (χ4n) is 2.73. The maximum absolute atomic E-state index is 13.6. The first-order chi connectivity index (χ1) is 12.8. The van der Waals surface area contributed by atoms with Crippen LogP contribution in [0.25, 0.3) is 11.1 Å². The molecular formula is C22H23FO3S. The number of halogens is 1. The van der Waals surface area contributed by atoms with Crippen LogP contribution in [0, 0.1) is 37.8 Å². The highest BCUT2D eigenvalue weighted by Crippen LogP contribution is 2.29. The molecule has 0 bridgehead atoms. The van der Waals surface area contributed by atoms with Crippen molar-refractivity contribution >= 4 is 17.7 Å². The molecular weight excluding hydrogens is 363 g/mol. The van der Waals surface area contributed by atoms with Gasteiger partial charge in [0.25, 0.3) is 0 Å². The molecule has 0 saturated carbocycles. The van der Waals surface area contributed by atoms with Crippen LogP contribution in [0.1, 0.15) is 28.7 Å². The van der Waals surface area contributed by atoms with Gasteiger partial charge in [-0.15, -0.1) is 0 Å². The number of benzene rings is 2.